The van der Waals surface area contributed by atoms with Gasteiger partial charge in [-0.3, -0.25) is 9.89 Å². The number of nitrogens with zero attached hydrogens (tertiary/aromatic N) is 2. The molecule has 0 aromatic rings. The molecule has 0 aliphatic rings. The van der Waals surface area contributed by atoms with Crippen LogP contribution in [0.4, 0.5) is 13.2 Å². The van der Waals surface area contributed by atoms with E-state index in [1.165, 1.54) is 11.9 Å². The van der Waals surface area contributed by atoms with Crippen LogP contribution in [-0.2, 0) is 0 Å². The van der Waals surface area contributed by atoms with Gasteiger partial charge in [0.15, 0.2) is 5.96 Å². The van der Waals surface area contributed by atoms with Crippen molar-refractivity contribution >= 4 is 29.9 Å². The average molecular weight is 394 g/mol. The lowest BCUT2D eigenvalue weighted by Crippen LogP contribution is -2.39. The Morgan fingerprint density at radius 3 is 2.47 bits per heavy atom. The second kappa shape index (κ2) is 11.3. The van der Waals surface area contributed by atoms with E-state index in [-0.39, 0.29) is 24.0 Å². The van der Waals surface area contributed by atoms with E-state index in [1.807, 2.05) is 0 Å². The molecule has 0 aliphatic heterocycles. The highest BCUT2D eigenvalue weighted by atomic mass is 127. The summed E-state index contributed by atoms with van der Waals surface area (Å²) in [7, 11) is 3.09. The van der Waals surface area contributed by atoms with Crippen molar-refractivity contribution in [2.45, 2.75) is 12.6 Å². The van der Waals surface area contributed by atoms with E-state index in [4.69, 9.17) is 0 Å². The van der Waals surface area contributed by atoms with E-state index in [9.17, 15) is 13.2 Å². The quantitative estimate of drug-likeness (QED) is 0.228. The van der Waals surface area contributed by atoms with Gasteiger partial charge in [-0.15, -0.1) is 30.6 Å². The number of aliphatic imine (C=N–C) groups is 1. The van der Waals surface area contributed by atoms with Crippen molar-refractivity contribution in [1.82, 2.24) is 15.5 Å². The smallest absolute Gasteiger partial charge is 0.356 e. The highest BCUT2D eigenvalue weighted by Crippen LogP contribution is 2.15. The maximum absolute atomic E-state index is 12.0. The van der Waals surface area contributed by atoms with Gasteiger partial charge >= 0.3 is 6.18 Å². The first-order valence-electron chi connectivity index (χ1n) is 5.69. The summed E-state index contributed by atoms with van der Waals surface area (Å²) < 4.78 is 36.1. The second-order valence-electron chi connectivity index (χ2n) is 3.88. The van der Waals surface area contributed by atoms with Crippen molar-refractivity contribution in [2.24, 2.45) is 4.99 Å². The lowest BCUT2D eigenvalue weighted by atomic mass is 10.4. The summed E-state index contributed by atoms with van der Waals surface area (Å²) in [5, 5.41) is 5.98. The minimum Gasteiger partial charge on any atom is -0.356 e. The summed E-state index contributed by atoms with van der Waals surface area (Å²) in [5.41, 5.74) is 0. The first-order chi connectivity index (χ1) is 8.39. The van der Waals surface area contributed by atoms with E-state index >= 15 is 0 Å². The molecule has 0 rings (SSSR count). The normalized spacial score (nSPS) is 12.0. The molecule has 0 bridgehead atoms. The summed E-state index contributed by atoms with van der Waals surface area (Å²) >= 11 is 0. The van der Waals surface area contributed by atoms with Gasteiger partial charge in [-0.1, -0.05) is 6.08 Å². The molecule has 0 fully saturated rings. The number of guanidine groups is 1. The molecule has 0 aromatic heterocycles. The number of hydrogen-bond donors (Lipinski definition) is 2. The molecular formula is C11H22F3IN4. The third kappa shape index (κ3) is 13.7. The van der Waals surface area contributed by atoms with Crippen LogP contribution in [-0.4, -0.2) is 57.3 Å². The van der Waals surface area contributed by atoms with Crippen molar-refractivity contribution in [3.63, 3.8) is 0 Å². The number of hydrogen-bond acceptors (Lipinski definition) is 2. The lowest BCUT2D eigenvalue weighted by molar-refractivity contribution is -0.143. The molecule has 0 amide bonds. The molecule has 0 heterocycles. The first kappa shape index (κ1) is 20.8. The van der Waals surface area contributed by atoms with Gasteiger partial charge in [0.25, 0.3) is 0 Å². The zero-order valence-corrected chi connectivity index (χ0v) is 13.6. The molecule has 0 aromatic carbocycles. The Morgan fingerprint density at radius 1 is 1.37 bits per heavy atom. The molecule has 0 spiro atoms. The highest BCUT2D eigenvalue weighted by molar-refractivity contribution is 14.0. The Balaban J connectivity index is 0. The fourth-order valence-corrected chi connectivity index (χ4v) is 1.33. The third-order valence-electron chi connectivity index (χ3n) is 2.10. The summed E-state index contributed by atoms with van der Waals surface area (Å²) in [6.45, 7) is 4.22. The number of halogens is 4. The maximum Gasteiger partial charge on any atom is 0.401 e. The summed E-state index contributed by atoms with van der Waals surface area (Å²) in [4.78, 5) is 5.21. The molecule has 0 unspecified atom stereocenters. The molecule has 0 saturated carbocycles. The fourth-order valence-electron chi connectivity index (χ4n) is 1.33. The van der Waals surface area contributed by atoms with Gasteiger partial charge in [0, 0.05) is 20.1 Å². The average Bonchev–Trinajstić information content (AvgIpc) is 2.26. The van der Waals surface area contributed by atoms with Crippen LogP contribution in [0.25, 0.3) is 0 Å². The molecule has 8 heteroatoms. The van der Waals surface area contributed by atoms with Crippen molar-refractivity contribution in [1.29, 1.82) is 0 Å². The zero-order chi connectivity index (χ0) is 14.0. The minimum atomic E-state index is -4.14. The Morgan fingerprint density at radius 2 is 2.00 bits per heavy atom. The second-order valence-corrected chi connectivity index (χ2v) is 3.88. The molecule has 0 atom stereocenters. The van der Waals surface area contributed by atoms with Crippen LogP contribution < -0.4 is 10.6 Å². The molecule has 0 aliphatic carbocycles. The molecule has 114 valence electrons. The van der Waals surface area contributed by atoms with Crippen molar-refractivity contribution in [2.75, 3.05) is 40.3 Å². The van der Waals surface area contributed by atoms with Gasteiger partial charge in [-0.25, -0.2) is 0 Å². The van der Waals surface area contributed by atoms with Gasteiger partial charge < -0.3 is 10.6 Å². The topological polar surface area (TPSA) is 39.7 Å². The molecular weight excluding hydrogens is 372 g/mol. The Labute approximate surface area is 129 Å². The Hall–Kier alpha value is -0.510. The van der Waals surface area contributed by atoms with Crippen LogP contribution in [0.15, 0.2) is 17.6 Å². The van der Waals surface area contributed by atoms with E-state index in [2.05, 4.69) is 22.2 Å². The molecule has 0 saturated heterocycles. The number of nitrogens with one attached hydrogen (secondary N) is 2. The molecule has 4 nitrogen and oxygen atoms in total. The zero-order valence-electron chi connectivity index (χ0n) is 11.3. The largest absolute Gasteiger partial charge is 0.401 e. The van der Waals surface area contributed by atoms with Crippen LogP contribution >= 0.6 is 24.0 Å². The van der Waals surface area contributed by atoms with Crippen LogP contribution in [0.3, 0.4) is 0 Å². The highest BCUT2D eigenvalue weighted by Gasteiger charge is 2.28. The fraction of sp³-hybridized carbons (Fsp3) is 0.727. The van der Waals surface area contributed by atoms with E-state index in [0.717, 1.165) is 0 Å². The predicted octanol–water partition coefficient (Wildman–Crippen LogP) is 1.84. The maximum atomic E-state index is 12.0. The van der Waals surface area contributed by atoms with E-state index in [0.29, 0.717) is 32.0 Å². The van der Waals surface area contributed by atoms with E-state index in [1.54, 1.807) is 13.1 Å². The van der Waals surface area contributed by atoms with Crippen LogP contribution in [0, 0.1) is 0 Å². The Bertz CT molecular complexity index is 269. The van der Waals surface area contributed by atoms with Gasteiger partial charge in [0.2, 0.25) is 0 Å². The van der Waals surface area contributed by atoms with Gasteiger partial charge in [-0.2, -0.15) is 13.2 Å². The lowest BCUT2D eigenvalue weighted by Gasteiger charge is -2.18. The standard InChI is InChI=1S/C11H21F3N4.HI/c1-4-6-16-10(15-2)17-7-5-8-18(3)9-11(12,13)14;/h4H,1,5-9H2,2-3H3,(H2,15,16,17);1H. The summed E-state index contributed by atoms with van der Waals surface area (Å²) in [5.74, 6) is 0.619. The molecule has 19 heavy (non-hydrogen) atoms. The van der Waals surface area contributed by atoms with Crippen LogP contribution in [0.2, 0.25) is 0 Å². The van der Waals surface area contributed by atoms with Crippen LogP contribution in [0.5, 0.6) is 0 Å². The first-order valence-corrected chi connectivity index (χ1v) is 5.69. The predicted molar refractivity (Wildman–Crippen MR) is 83.1 cm³/mol. The third-order valence-corrected chi connectivity index (χ3v) is 2.10. The number of alkyl halides is 3. The van der Waals surface area contributed by atoms with Crippen molar-refractivity contribution < 1.29 is 13.2 Å². The van der Waals surface area contributed by atoms with Gasteiger partial charge in [-0.05, 0) is 20.0 Å². The summed E-state index contributed by atoms with van der Waals surface area (Å²) in [6.07, 6.45) is -1.82. The van der Waals surface area contributed by atoms with Gasteiger partial charge in [0.1, 0.15) is 0 Å². The van der Waals surface area contributed by atoms with Crippen LogP contribution in [0.1, 0.15) is 6.42 Å². The SMILES string of the molecule is C=CCNC(=NC)NCCCN(C)CC(F)(F)F.I. The van der Waals surface area contributed by atoms with Gasteiger partial charge in [0.05, 0.1) is 6.54 Å². The summed E-state index contributed by atoms with van der Waals surface area (Å²) in [6, 6.07) is 0. The van der Waals surface area contributed by atoms with Crippen molar-refractivity contribution in [3.05, 3.63) is 12.7 Å². The number of rotatable bonds is 7. The molecule has 2 N–H and O–H groups in total. The Kier molecular flexibility index (Phi) is 12.4. The van der Waals surface area contributed by atoms with Crippen molar-refractivity contribution in [3.8, 4) is 0 Å². The monoisotopic (exact) mass is 394 g/mol. The molecule has 0 radical (unpaired) electrons. The van der Waals surface area contributed by atoms with E-state index < -0.39 is 12.7 Å². The minimum absolute atomic E-state index is 0.